The van der Waals surface area contributed by atoms with Crippen LogP contribution in [0.5, 0.6) is 0 Å². The zero-order valence-electron chi connectivity index (χ0n) is 85.7. The number of rotatable bonds is 91. The van der Waals surface area contributed by atoms with Crippen molar-refractivity contribution in [2.45, 2.75) is 599 Å². The molecule has 1 heterocycles. The van der Waals surface area contributed by atoms with E-state index in [9.17, 15) is 18.0 Å². The van der Waals surface area contributed by atoms with Crippen molar-refractivity contribution in [2.75, 3.05) is 58.7 Å². The first-order valence-corrected chi connectivity index (χ1v) is 58.0. The summed E-state index contributed by atoms with van der Waals surface area (Å²) in [6, 6.07) is 9.31. The lowest BCUT2D eigenvalue weighted by Gasteiger charge is -2.35. The smallest absolute Gasteiger partial charge is 0.294 e. The Kier molecular flexibility index (Phi) is 80.7. The van der Waals surface area contributed by atoms with Crippen LogP contribution in [0.3, 0.4) is 0 Å². The Morgan fingerprint density at radius 3 is 0.664 bits per heavy atom. The van der Waals surface area contributed by atoms with Crippen molar-refractivity contribution in [2.24, 2.45) is 0 Å². The van der Waals surface area contributed by atoms with E-state index in [2.05, 4.69) is 61.0 Å². The van der Waals surface area contributed by atoms with Gasteiger partial charge in [0.05, 0.1) is 64.0 Å². The van der Waals surface area contributed by atoms with Gasteiger partial charge >= 0.3 is 0 Å². The van der Waals surface area contributed by atoms with Crippen LogP contribution in [0, 0.1) is 6.92 Å². The SMILES string of the molecule is CCCCCCCCCCCCCCCC[N+](C)(CCCCCCCCCCCCCCCC)CCCCCCCCCCCCCCCC.CCCCCCCCCCCCCCCC[N+](C)(CCCCCCCCCCCCCCCC)CCCCCCCCCCCCCCCC.Cc1ccc2c(c1)C(=O)/C(=C1\Cc3ccc(S(=O)(=O)O)cc3C1=O)N2. The number of quaternary nitrogens is 2. The number of allylic oxidation sites excluding steroid dienone is 2. The number of ketones is 2. The third-order valence-electron chi connectivity index (χ3n) is 28.8. The third kappa shape index (κ3) is 67.9. The van der Waals surface area contributed by atoms with Crippen LogP contribution in [0.1, 0.15) is 613 Å². The van der Waals surface area contributed by atoms with E-state index in [0.29, 0.717) is 22.4 Å². The molecule has 8 nitrogen and oxygen atoms in total. The van der Waals surface area contributed by atoms with Crippen molar-refractivity contribution in [3.63, 3.8) is 0 Å². The van der Waals surface area contributed by atoms with Gasteiger partial charge in [-0.15, -0.1) is 0 Å². The largest absolute Gasteiger partial charge is 0.351 e. The van der Waals surface area contributed by atoms with Crippen LogP contribution in [-0.4, -0.2) is 86.9 Å². The summed E-state index contributed by atoms with van der Waals surface area (Å²) in [5, 5.41) is 3.01. The molecule has 0 amide bonds. The molecular weight excluding hydrogens is 1550 g/mol. The highest BCUT2D eigenvalue weighted by Crippen LogP contribution is 2.37. The number of nitrogens with zero attached hydrogens (tertiary/aromatic N) is 2. The van der Waals surface area contributed by atoms with E-state index in [0.717, 1.165) is 11.6 Å². The molecule has 0 atom stereocenters. The Morgan fingerprint density at radius 1 is 0.264 bits per heavy atom. The number of anilines is 1. The Morgan fingerprint density at radius 2 is 0.464 bits per heavy atom. The van der Waals surface area contributed by atoms with Crippen LogP contribution in [0.4, 0.5) is 5.69 Å². The van der Waals surface area contributed by atoms with Gasteiger partial charge in [-0.25, -0.2) is 0 Å². The summed E-state index contributed by atoms with van der Waals surface area (Å²) in [4.78, 5) is 25.0. The van der Waals surface area contributed by atoms with E-state index in [1.165, 1.54) is 600 Å². The monoisotopic (exact) mass is 1760 g/mol. The van der Waals surface area contributed by atoms with Gasteiger partial charge in [-0.3, -0.25) is 14.1 Å². The highest BCUT2D eigenvalue weighted by atomic mass is 32.2. The fourth-order valence-electron chi connectivity index (χ4n) is 20.0. The second-order valence-corrected chi connectivity index (χ2v) is 42.7. The van der Waals surface area contributed by atoms with E-state index in [4.69, 9.17) is 4.55 Å². The van der Waals surface area contributed by atoms with Crippen LogP contribution in [0.25, 0.3) is 0 Å². The molecule has 0 fully saturated rings. The minimum absolute atomic E-state index is 0.194. The maximum atomic E-state index is 12.7. The molecule has 0 bridgehead atoms. The van der Waals surface area contributed by atoms with Crippen LogP contribution < -0.4 is 5.32 Å². The molecule has 0 radical (unpaired) electrons. The lowest BCUT2D eigenvalue weighted by Crippen LogP contribution is -2.46. The van der Waals surface area contributed by atoms with Gasteiger partial charge in [0.15, 0.2) is 5.78 Å². The number of aryl methyl sites for hydroxylation is 1. The van der Waals surface area contributed by atoms with E-state index in [1.54, 1.807) is 12.1 Å². The van der Waals surface area contributed by atoms with Gasteiger partial charge in [0.2, 0.25) is 5.78 Å². The molecule has 0 aromatic heterocycles. The van der Waals surface area contributed by atoms with Crippen LogP contribution in [0.15, 0.2) is 52.6 Å². The third-order valence-corrected chi connectivity index (χ3v) is 29.6. The topological polar surface area (TPSA) is 101 Å². The minimum atomic E-state index is -4.39. The molecule has 730 valence electrons. The minimum Gasteiger partial charge on any atom is -0.351 e. The number of unbranched alkanes of at least 4 members (excludes halogenated alkanes) is 78. The molecule has 2 aromatic carbocycles. The molecule has 4 rings (SSSR count). The van der Waals surface area contributed by atoms with Gasteiger partial charge in [0.1, 0.15) is 0 Å². The summed E-state index contributed by atoms with van der Waals surface area (Å²) in [5.41, 5.74) is 3.47. The molecule has 1 aliphatic carbocycles. The summed E-state index contributed by atoms with van der Waals surface area (Å²) in [7, 11) is 0.869. The fraction of sp³-hybridized carbons (Fsp3) is 0.862. The molecule has 0 unspecified atom stereocenters. The van der Waals surface area contributed by atoms with Gasteiger partial charge in [-0.2, -0.15) is 8.42 Å². The fourth-order valence-corrected chi connectivity index (χ4v) is 20.5. The van der Waals surface area contributed by atoms with Gasteiger partial charge in [0, 0.05) is 28.8 Å². The maximum Gasteiger partial charge on any atom is 0.294 e. The van der Waals surface area contributed by atoms with Crippen LogP contribution >= 0.6 is 0 Å². The second kappa shape index (κ2) is 85.3. The first-order valence-electron chi connectivity index (χ1n) is 56.6. The lowest BCUT2D eigenvalue weighted by atomic mass is 10.0. The summed E-state index contributed by atoms with van der Waals surface area (Å²) in [6.07, 6.45) is 124. The molecule has 2 aliphatic rings. The highest BCUT2D eigenvalue weighted by Gasteiger charge is 2.35. The van der Waals surface area contributed by atoms with E-state index in [-0.39, 0.29) is 28.4 Å². The van der Waals surface area contributed by atoms with Gasteiger partial charge in [-0.1, -0.05) is 522 Å². The number of carbonyl (C=O) groups excluding carboxylic acids is 2. The molecule has 0 saturated heterocycles. The average molecular weight is 1770 g/mol. The van der Waals surface area contributed by atoms with Crippen LogP contribution in [0.2, 0.25) is 0 Å². The summed E-state index contributed by atoms with van der Waals surface area (Å²) < 4.78 is 34.4. The first-order chi connectivity index (χ1) is 61.1. The Hall–Kier alpha value is -2.85. The van der Waals surface area contributed by atoms with Crippen molar-refractivity contribution in [1.82, 2.24) is 0 Å². The number of fused-ring (bicyclic) bond motifs is 2. The molecule has 0 spiro atoms. The molecule has 2 N–H and O–H groups in total. The lowest BCUT2D eigenvalue weighted by molar-refractivity contribution is -0.910. The molecule has 125 heavy (non-hydrogen) atoms. The van der Waals surface area contributed by atoms with Crippen molar-refractivity contribution < 1.29 is 31.5 Å². The van der Waals surface area contributed by atoms with Gasteiger partial charge < -0.3 is 14.3 Å². The molecule has 1 aliphatic heterocycles. The Labute approximate surface area is 781 Å². The number of hydrogen-bond donors (Lipinski definition) is 2. The molecule has 2 aromatic rings. The van der Waals surface area contributed by atoms with E-state index >= 15 is 0 Å². The average Bonchev–Trinajstić information content (AvgIpc) is 1.61. The summed E-state index contributed by atoms with van der Waals surface area (Å²) in [5.74, 6) is -0.647. The van der Waals surface area contributed by atoms with Gasteiger partial charge in [-0.05, 0) is 114 Å². The standard InChI is InChI=1S/2C49H102N.C18H13NO5S/c2*1-5-8-11-14-17-20-23-26-29-32-35-38-41-44-47-50(4,48-45-42-39-36-33-30-27-24-21-18-15-12-9-6-2)49-46-43-40-37-34-31-28-25-22-19-16-13-10-7-3;1-9-2-5-15-13(6-9)18(21)16(19-15)14-7-10-3-4-11(25(22,23)24)8-12(10)17(14)20/h2*5-49H2,1-4H3;2-6,8,19H,7H2,1H3,(H,22,23,24)/q2*+1;/b;;16-14-. The van der Waals surface area contributed by atoms with Gasteiger partial charge in [0.25, 0.3) is 10.1 Å². The zero-order valence-corrected chi connectivity index (χ0v) is 86.5. The summed E-state index contributed by atoms with van der Waals surface area (Å²) >= 11 is 0. The number of hydrogen-bond acceptors (Lipinski definition) is 5. The predicted octanol–water partition coefficient (Wildman–Crippen LogP) is 38.3. The molecule has 0 saturated carbocycles. The van der Waals surface area contributed by atoms with Crippen molar-refractivity contribution >= 4 is 27.4 Å². The maximum absolute atomic E-state index is 12.7. The second-order valence-electron chi connectivity index (χ2n) is 41.3. The zero-order chi connectivity index (χ0) is 90.6. The number of benzene rings is 2. The number of carbonyl (C=O) groups is 2. The van der Waals surface area contributed by atoms with E-state index in [1.807, 2.05) is 13.0 Å². The Balaban J connectivity index is 0.000000666. The Bertz CT molecular complexity index is 2620. The van der Waals surface area contributed by atoms with Crippen LogP contribution in [-0.2, 0) is 16.5 Å². The number of nitrogens with one attached hydrogen (secondary N) is 1. The predicted molar refractivity (Wildman–Crippen MR) is 554 cm³/mol. The van der Waals surface area contributed by atoms with Crippen molar-refractivity contribution in [1.29, 1.82) is 0 Å². The highest BCUT2D eigenvalue weighted by molar-refractivity contribution is 7.85. The van der Waals surface area contributed by atoms with Crippen molar-refractivity contribution in [3.05, 3.63) is 69.9 Å². The summed E-state index contributed by atoms with van der Waals surface area (Å²) in [6.45, 7) is 24.4. The molecule has 9 heteroatoms. The number of Topliss-reactive ketones (excluding diaryl/α,β-unsaturated/α-hetero) is 2. The van der Waals surface area contributed by atoms with E-state index < -0.39 is 15.9 Å². The molecular formula is C116H217N3O5S+2. The van der Waals surface area contributed by atoms with Crippen molar-refractivity contribution in [3.8, 4) is 0 Å². The normalized spacial score (nSPS) is 13.4. The first kappa shape index (κ1) is 118. The quantitative estimate of drug-likeness (QED) is 0.0296.